The largest absolute Gasteiger partial charge is 0.458 e. The van der Waals surface area contributed by atoms with Gasteiger partial charge in [0.1, 0.15) is 0 Å². The van der Waals surface area contributed by atoms with Crippen LogP contribution in [0.15, 0.2) is 24.3 Å². The highest BCUT2D eigenvalue weighted by Crippen LogP contribution is 2.44. The number of halogens is 5. The van der Waals surface area contributed by atoms with E-state index in [9.17, 15) is 22.0 Å². The van der Waals surface area contributed by atoms with Gasteiger partial charge in [-0.2, -0.15) is 22.0 Å². The molecule has 1 aromatic carbocycles. The van der Waals surface area contributed by atoms with Gasteiger partial charge in [0.05, 0.1) is 0 Å². The maximum atomic E-state index is 13.4. The third-order valence-electron chi connectivity index (χ3n) is 3.97. The van der Waals surface area contributed by atoms with E-state index in [1.807, 2.05) is 0 Å². The van der Waals surface area contributed by atoms with Gasteiger partial charge in [-0.25, -0.2) is 0 Å². The van der Waals surface area contributed by atoms with Crippen LogP contribution in [0.3, 0.4) is 0 Å². The Bertz CT molecular complexity index is 591. The number of rotatable bonds is 3. The highest BCUT2D eigenvalue weighted by Gasteiger charge is 2.58. The molecule has 0 spiro atoms. The second-order valence-corrected chi connectivity index (χ2v) is 6.21. The van der Waals surface area contributed by atoms with Crippen LogP contribution in [0.2, 0.25) is 0 Å². The first-order chi connectivity index (χ1) is 11.1. The molecular weight excluding hydrogens is 349 g/mol. The lowest BCUT2D eigenvalue weighted by atomic mass is 9.91. The fraction of sp³-hybridized carbons (Fsp3) is 0.533. The van der Waals surface area contributed by atoms with E-state index in [4.69, 9.17) is 18.0 Å². The van der Waals surface area contributed by atoms with Crippen LogP contribution >= 0.6 is 12.2 Å². The number of anilines is 1. The molecule has 1 aromatic rings. The maximum absolute atomic E-state index is 13.4. The summed E-state index contributed by atoms with van der Waals surface area (Å²) >= 11 is 5.09. The fourth-order valence-corrected chi connectivity index (χ4v) is 2.90. The Labute approximate surface area is 141 Å². The van der Waals surface area contributed by atoms with Gasteiger partial charge in [-0.15, -0.1) is 0 Å². The zero-order chi connectivity index (χ0) is 18.0. The normalized spacial score (nSPS) is 22.1. The van der Waals surface area contributed by atoms with Crippen LogP contribution in [0.1, 0.15) is 31.2 Å². The summed E-state index contributed by atoms with van der Waals surface area (Å²) in [7, 11) is 0. The molecule has 134 valence electrons. The van der Waals surface area contributed by atoms with Crippen molar-refractivity contribution in [2.45, 2.75) is 49.9 Å². The zero-order valence-electron chi connectivity index (χ0n) is 12.7. The van der Waals surface area contributed by atoms with E-state index < -0.39 is 17.7 Å². The first-order valence-corrected chi connectivity index (χ1v) is 7.90. The van der Waals surface area contributed by atoms with Crippen LogP contribution < -0.4 is 16.4 Å². The van der Waals surface area contributed by atoms with Crippen molar-refractivity contribution in [3.05, 3.63) is 29.8 Å². The van der Waals surface area contributed by atoms with Crippen LogP contribution in [-0.4, -0.2) is 23.4 Å². The van der Waals surface area contributed by atoms with Crippen LogP contribution in [0.5, 0.6) is 0 Å². The molecule has 0 amide bonds. The molecule has 0 saturated heterocycles. The summed E-state index contributed by atoms with van der Waals surface area (Å²) in [6.45, 7) is 0. The third-order valence-corrected chi connectivity index (χ3v) is 4.19. The fourth-order valence-electron chi connectivity index (χ4n) is 2.63. The van der Waals surface area contributed by atoms with Crippen LogP contribution in [0.25, 0.3) is 0 Å². The number of nitrogens with one attached hydrogen (secondary N) is 2. The van der Waals surface area contributed by atoms with Gasteiger partial charge in [0, 0.05) is 23.3 Å². The lowest BCUT2D eigenvalue weighted by molar-refractivity contribution is -0.289. The third kappa shape index (κ3) is 4.32. The highest BCUT2D eigenvalue weighted by molar-refractivity contribution is 7.80. The van der Waals surface area contributed by atoms with Crippen molar-refractivity contribution >= 4 is 23.0 Å². The van der Waals surface area contributed by atoms with Crippen molar-refractivity contribution in [2.24, 2.45) is 5.73 Å². The molecule has 2 rings (SSSR count). The minimum absolute atomic E-state index is 0.0430. The molecule has 1 fully saturated rings. The summed E-state index contributed by atoms with van der Waals surface area (Å²) in [4.78, 5) is 0. The van der Waals surface area contributed by atoms with Crippen molar-refractivity contribution in [1.82, 2.24) is 5.32 Å². The van der Waals surface area contributed by atoms with E-state index >= 15 is 0 Å². The van der Waals surface area contributed by atoms with Crippen molar-refractivity contribution in [3.8, 4) is 0 Å². The highest BCUT2D eigenvalue weighted by atomic mass is 32.1. The molecule has 3 nitrogen and oxygen atoms in total. The van der Waals surface area contributed by atoms with Gasteiger partial charge in [0.2, 0.25) is 0 Å². The summed E-state index contributed by atoms with van der Waals surface area (Å²) in [6, 6.07) is 3.84. The lowest BCUT2D eigenvalue weighted by Gasteiger charge is -2.30. The Morgan fingerprint density at radius 3 is 2.42 bits per heavy atom. The first-order valence-electron chi connectivity index (χ1n) is 7.49. The molecular formula is C15H18F5N3S. The smallest absolute Gasteiger partial charge is 0.358 e. The van der Waals surface area contributed by atoms with Crippen molar-refractivity contribution in [1.29, 1.82) is 0 Å². The van der Waals surface area contributed by atoms with Gasteiger partial charge in [-0.05, 0) is 37.2 Å². The molecule has 9 heteroatoms. The van der Waals surface area contributed by atoms with E-state index in [1.165, 1.54) is 6.07 Å². The van der Waals surface area contributed by atoms with Gasteiger partial charge >= 0.3 is 12.1 Å². The second-order valence-electron chi connectivity index (χ2n) is 5.81. The van der Waals surface area contributed by atoms with Gasteiger partial charge in [-0.3, -0.25) is 0 Å². The lowest BCUT2D eigenvalue weighted by Crippen LogP contribution is -2.50. The molecule has 4 N–H and O–H groups in total. The van der Waals surface area contributed by atoms with Gasteiger partial charge in [-0.1, -0.05) is 25.0 Å². The quantitative estimate of drug-likeness (QED) is 0.560. The van der Waals surface area contributed by atoms with E-state index in [0.717, 1.165) is 43.9 Å². The van der Waals surface area contributed by atoms with Crippen LogP contribution in [0.4, 0.5) is 27.6 Å². The number of hydrogen-bond acceptors (Lipinski definition) is 2. The summed E-state index contributed by atoms with van der Waals surface area (Å²) in [5.41, 5.74) is 4.89. The average Bonchev–Trinajstić information content (AvgIpc) is 2.48. The Balaban J connectivity index is 2.05. The summed E-state index contributed by atoms with van der Waals surface area (Å²) in [5, 5.41) is 5.77. The number of nitrogens with two attached hydrogens (primary N) is 1. The van der Waals surface area contributed by atoms with Gasteiger partial charge in [0.25, 0.3) is 0 Å². The predicted molar refractivity (Wildman–Crippen MR) is 86.0 cm³/mol. The summed E-state index contributed by atoms with van der Waals surface area (Å²) in [5.74, 6) is -4.93. The number of alkyl halides is 5. The van der Waals surface area contributed by atoms with E-state index in [1.54, 1.807) is 0 Å². The minimum Gasteiger partial charge on any atom is -0.358 e. The maximum Gasteiger partial charge on any atom is 0.458 e. The molecule has 0 heterocycles. The molecule has 2 atom stereocenters. The van der Waals surface area contributed by atoms with Crippen LogP contribution in [-0.2, 0) is 5.92 Å². The van der Waals surface area contributed by atoms with E-state index in [0.29, 0.717) is 0 Å². The van der Waals surface area contributed by atoms with Crippen LogP contribution in [0, 0.1) is 0 Å². The van der Waals surface area contributed by atoms with E-state index in [2.05, 4.69) is 10.6 Å². The molecule has 0 aromatic heterocycles. The monoisotopic (exact) mass is 367 g/mol. The summed E-state index contributed by atoms with van der Waals surface area (Å²) in [6.07, 6.45) is -1.93. The number of benzene rings is 1. The molecule has 0 aliphatic heterocycles. The minimum atomic E-state index is -5.65. The Morgan fingerprint density at radius 2 is 1.79 bits per heavy atom. The standard InChI is InChI=1S/C15H18F5N3S/c16-14(17,15(18,19)20)9-4-3-5-10(8-9)22-13(24)23-12-7-2-1-6-11(12)21/h3-5,8,11-12H,1-2,6-7,21H2,(H2,22,23,24)/t11-,12-/m1/s1. The second kappa shape index (κ2) is 7.18. The molecule has 1 aliphatic carbocycles. The predicted octanol–water partition coefficient (Wildman–Crippen LogP) is 3.90. The SMILES string of the molecule is N[C@@H]1CCCC[C@H]1NC(=S)Nc1cccc(C(F)(F)C(F)(F)F)c1. The molecule has 0 bridgehead atoms. The van der Waals surface area contributed by atoms with Gasteiger partial charge < -0.3 is 16.4 Å². The molecule has 24 heavy (non-hydrogen) atoms. The molecule has 0 unspecified atom stereocenters. The van der Waals surface area contributed by atoms with Crippen molar-refractivity contribution in [2.75, 3.05) is 5.32 Å². The summed E-state index contributed by atoms with van der Waals surface area (Å²) < 4.78 is 64.1. The zero-order valence-corrected chi connectivity index (χ0v) is 13.5. The molecule has 1 aliphatic rings. The number of hydrogen-bond donors (Lipinski definition) is 3. The van der Waals surface area contributed by atoms with Crippen molar-refractivity contribution < 1.29 is 22.0 Å². The average molecular weight is 367 g/mol. The Morgan fingerprint density at radius 1 is 1.12 bits per heavy atom. The first kappa shape index (κ1) is 18.9. The Hall–Kier alpha value is -1.48. The molecule has 1 saturated carbocycles. The molecule has 0 radical (unpaired) electrons. The van der Waals surface area contributed by atoms with Crippen molar-refractivity contribution in [3.63, 3.8) is 0 Å². The van der Waals surface area contributed by atoms with Gasteiger partial charge in [0.15, 0.2) is 5.11 Å². The van der Waals surface area contributed by atoms with E-state index in [-0.39, 0.29) is 22.9 Å². The Kier molecular flexibility index (Phi) is 5.64. The topological polar surface area (TPSA) is 50.1 Å². The number of thiocarbonyl (C=S) groups is 1.